The summed E-state index contributed by atoms with van der Waals surface area (Å²) in [5.41, 5.74) is 0. The molecule has 1 aliphatic rings. The van der Waals surface area contributed by atoms with Crippen LogP contribution in [0.2, 0.25) is 0 Å². The number of nitrogens with zero attached hydrogens (tertiary/aromatic N) is 2. The van der Waals surface area contributed by atoms with Gasteiger partial charge in [0.05, 0.1) is 4.75 Å². The molecule has 0 amide bonds. The van der Waals surface area contributed by atoms with Gasteiger partial charge in [0.1, 0.15) is 0 Å². The van der Waals surface area contributed by atoms with Crippen LogP contribution in [0.5, 0.6) is 0 Å². The fourth-order valence-corrected chi connectivity index (χ4v) is 2.63. The first-order valence-electron chi connectivity index (χ1n) is 4.48. The minimum absolute atomic E-state index is 0.541. The van der Waals surface area contributed by atoms with Gasteiger partial charge in [-0.3, -0.25) is 0 Å². The zero-order valence-corrected chi connectivity index (χ0v) is 9.26. The van der Waals surface area contributed by atoms with Crippen molar-refractivity contribution in [2.45, 2.75) is 25.5 Å². The minimum atomic E-state index is -3.13. The predicted molar refractivity (Wildman–Crippen MR) is 52.1 cm³/mol. The van der Waals surface area contributed by atoms with Crippen molar-refractivity contribution < 1.29 is 8.42 Å². The molecule has 0 aliphatic carbocycles. The molecule has 0 aromatic carbocycles. The van der Waals surface area contributed by atoms with E-state index >= 15 is 0 Å². The molecule has 0 spiro atoms. The Kier molecular flexibility index (Phi) is 2.99. The number of sulfonamides is 1. The van der Waals surface area contributed by atoms with E-state index in [-0.39, 0.29) is 0 Å². The average Bonchev–Trinajstić information content (AvgIpc) is 2.04. The summed E-state index contributed by atoms with van der Waals surface area (Å²) in [6.45, 7) is 7.54. The number of piperazine rings is 1. The monoisotopic (exact) mass is 205 g/mol. The zero-order chi connectivity index (χ0) is 10.1. The van der Waals surface area contributed by atoms with Crippen molar-refractivity contribution in [2.24, 2.45) is 0 Å². The molecule has 1 heterocycles. The summed E-state index contributed by atoms with van der Waals surface area (Å²) >= 11 is 0. The molecular weight excluding hydrogens is 188 g/mol. The van der Waals surface area contributed by atoms with E-state index in [4.69, 9.17) is 0 Å². The Morgan fingerprint density at radius 1 is 1.15 bits per heavy atom. The highest BCUT2D eigenvalue weighted by Crippen LogP contribution is 2.20. The van der Waals surface area contributed by atoms with Gasteiger partial charge in [0.2, 0.25) is 10.0 Å². The SMILES string of the molecule is CC(C)(C)S(=O)(=O)N1CC[N]CC1. The van der Waals surface area contributed by atoms with Gasteiger partial charge in [-0.1, -0.05) is 0 Å². The number of hydrogen-bond donors (Lipinski definition) is 0. The summed E-state index contributed by atoms with van der Waals surface area (Å²) in [7, 11) is -3.13. The van der Waals surface area contributed by atoms with Crippen molar-refractivity contribution in [3.8, 4) is 0 Å². The highest BCUT2D eigenvalue weighted by Gasteiger charge is 2.35. The van der Waals surface area contributed by atoms with Crippen LogP contribution in [0.25, 0.3) is 0 Å². The van der Waals surface area contributed by atoms with Crippen LogP contribution in [0.1, 0.15) is 20.8 Å². The van der Waals surface area contributed by atoms with Gasteiger partial charge in [-0.05, 0) is 20.8 Å². The molecule has 4 nitrogen and oxygen atoms in total. The predicted octanol–water partition coefficient (Wildman–Crippen LogP) is 0.0347. The van der Waals surface area contributed by atoms with Crippen molar-refractivity contribution in [2.75, 3.05) is 26.2 Å². The van der Waals surface area contributed by atoms with Crippen molar-refractivity contribution in [1.29, 1.82) is 0 Å². The zero-order valence-electron chi connectivity index (χ0n) is 8.45. The molecule has 0 atom stereocenters. The first-order valence-corrected chi connectivity index (χ1v) is 5.93. The maximum Gasteiger partial charge on any atom is 0.219 e. The summed E-state index contributed by atoms with van der Waals surface area (Å²) in [6, 6.07) is 0. The average molecular weight is 205 g/mol. The van der Waals surface area contributed by atoms with E-state index in [2.05, 4.69) is 5.32 Å². The maximum absolute atomic E-state index is 11.9. The van der Waals surface area contributed by atoms with E-state index < -0.39 is 14.8 Å². The second-order valence-electron chi connectivity index (χ2n) is 4.19. The molecule has 0 aromatic heterocycles. The van der Waals surface area contributed by atoms with E-state index in [1.807, 2.05) is 0 Å². The lowest BCUT2D eigenvalue weighted by Crippen LogP contribution is -2.49. The second-order valence-corrected chi connectivity index (χ2v) is 6.88. The third-order valence-electron chi connectivity index (χ3n) is 2.13. The van der Waals surface area contributed by atoms with E-state index in [9.17, 15) is 8.42 Å². The Labute approximate surface area is 80.4 Å². The molecule has 0 aromatic rings. The molecule has 0 saturated carbocycles. The number of hydrogen-bond acceptors (Lipinski definition) is 2. The third kappa shape index (κ3) is 2.21. The maximum atomic E-state index is 11.9. The van der Waals surface area contributed by atoms with Crippen molar-refractivity contribution in [3.05, 3.63) is 0 Å². The van der Waals surface area contributed by atoms with Crippen LogP contribution in [0, 0.1) is 0 Å². The van der Waals surface area contributed by atoms with Crippen molar-refractivity contribution >= 4 is 10.0 Å². The topological polar surface area (TPSA) is 51.5 Å². The summed E-state index contributed by atoms with van der Waals surface area (Å²) in [4.78, 5) is 0. The lowest BCUT2D eigenvalue weighted by molar-refractivity contribution is 0.346. The normalized spacial score (nSPS) is 21.8. The molecule has 13 heavy (non-hydrogen) atoms. The summed E-state index contributed by atoms with van der Waals surface area (Å²) in [5, 5.41) is 4.12. The van der Waals surface area contributed by atoms with Crippen molar-refractivity contribution in [3.63, 3.8) is 0 Å². The van der Waals surface area contributed by atoms with Gasteiger partial charge < -0.3 is 0 Å². The lowest BCUT2D eigenvalue weighted by atomic mass is 10.3. The second kappa shape index (κ2) is 3.55. The fourth-order valence-electron chi connectivity index (χ4n) is 1.22. The van der Waals surface area contributed by atoms with E-state index in [1.54, 1.807) is 25.1 Å². The van der Waals surface area contributed by atoms with Crippen LogP contribution < -0.4 is 5.32 Å². The highest BCUT2D eigenvalue weighted by atomic mass is 32.2. The Bertz CT molecular complexity index is 260. The van der Waals surface area contributed by atoms with Crippen molar-refractivity contribution in [1.82, 2.24) is 9.62 Å². The van der Waals surface area contributed by atoms with Crippen LogP contribution in [-0.2, 0) is 10.0 Å². The highest BCUT2D eigenvalue weighted by molar-refractivity contribution is 7.90. The Balaban J connectivity index is 2.80. The Morgan fingerprint density at radius 2 is 1.62 bits per heavy atom. The molecule has 1 saturated heterocycles. The Morgan fingerprint density at radius 3 is 2.00 bits per heavy atom. The van der Waals surface area contributed by atoms with Gasteiger partial charge in [0.15, 0.2) is 0 Å². The minimum Gasteiger partial charge on any atom is -0.239 e. The summed E-state index contributed by atoms with van der Waals surface area (Å²) < 4.78 is 24.6. The molecule has 5 heteroatoms. The van der Waals surface area contributed by atoms with Crippen LogP contribution in [-0.4, -0.2) is 43.6 Å². The molecule has 0 N–H and O–H groups in total. The smallest absolute Gasteiger partial charge is 0.219 e. The quantitative estimate of drug-likeness (QED) is 0.606. The van der Waals surface area contributed by atoms with Gasteiger partial charge in [0, 0.05) is 26.2 Å². The lowest BCUT2D eigenvalue weighted by Gasteiger charge is -2.32. The van der Waals surface area contributed by atoms with Gasteiger partial charge in [-0.25, -0.2) is 13.7 Å². The largest absolute Gasteiger partial charge is 0.239 e. The fraction of sp³-hybridized carbons (Fsp3) is 1.00. The standard InChI is InChI=1S/C8H17N2O2S/c1-8(2,3)13(11,12)10-6-4-9-5-7-10/h4-7H2,1-3H3. The number of rotatable bonds is 1. The molecular formula is C8H17N2O2S. The third-order valence-corrected chi connectivity index (χ3v) is 4.72. The van der Waals surface area contributed by atoms with Crippen LogP contribution >= 0.6 is 0 Å². The van der Waals surface area contributed by atoms with Gasteiger partial charge in [-0.2, -0.15) is 4.31 Å². The van der Waals surface area contributed by atoms with Gasteiger partial charge in [-0.15, -0.1) is 0 Å². The van der Waals surface area contributed by atoms with Gasteiger partial charge in [0.25, 0.3) is 0 Å². The molecule has 1 aliphatic heterocycles. The molecule has 1 fully saturated rings. The molecule has 1 rings (SSSR count). The first kappa shape index (κ1) is 10.9. The molecule has 1 radical (unpaired) electrons. The molecule has 0 unspecified atom stereocenters. The van der Waals surface area contributed by atoms with Crippen LogP contribution in [0.4, 0.5) is 0 Å². The Hall–Kier alpha value is -0.130. The summed E-state index contributed by atoms with van der Waals surface area (Å²) in [6.07, 6.45) is 0. The summed E-state index contributed by atoms with van der Waals surface area (Å²) in [5.74, 6) is 0. The first-order chi connectivity index (χ1) is 5.86. The van der Waals surface area contributed by atoms with Crippen LogP contribution in [0.15, 0.2) is 0 Å². The van der Waals surface area contributed by atoms with E-state index in [0.717, 1.165) is 0 Å². The van der Waals surface area contributed by atoms with E-state index in [1.165, 1.54) is 0 Å². The molecule has 77 valence electrons. The van der Waals surface area contributed by atoms with Crippen LogP contribution in [0.3, 0.4) is 0 Å². The molecule has 0 bridgehead atoms. The van der Waals surface area contributed by atoms with Gasteiger partial charge >= 0.3 is 0 Å². The van der Waals surface area contributed by atoms with E-state index in [0.29, 0.717) is 26.2 Å².